The second-order valence-electron chi connectivity index (χ2n) is 3.30. The van der Waals surface area contributed by atoms with E-state index in [0.717, 1.165) is 16.6 Å². The zero-order chi connectivity index (χ0) is 9.14. The van der Waals surface area contributed by atoms with Gasteiger partial charge in [-0.1, -0.05) is 13.8 Å². The average molecular weight is 229 g/mol. The summed E-state index contributed by atoms with van der Waals surface area (Å²) in [5, 5.41) is 0. The monoisotopic (exact) mass is 228 g/mol. The van der Waals surface area contributed by atoms with Crippen molar-refractivity contribution in [2.75, 3.05) is 5.73 Å². The Morgan fingerprint density at radius 2 is 2.25 bits per heavy atom. The Morgan fingerprint density at radius 3 is 2.75 bits per heavy atom. The third kappa shape index (κ3) is 2.48. The largest absolute Gasteiger partial charge is 0.397 e. The van der Waals surface area contributed by atoms with E-state index in [1.165, 1.54) is 0 Å². The molecule has 1 heterocycles. The van der Waals surface area contributed by atoms with Gasteiger partial charge in [0, 0.05) is 4.47 Å². The lowest BCUT2D eigenvalue weighted by Gasteiger charge is -2.06. The van der Waals surface area contributed by atoms with E-state index in [2.05, 4.69) is 34.8 Å². The molecule has 0 aliphatic carbocycles. The fourth-order valence-corrected chi connectivity index (χ4v) is 1.55. The molecule has 0 aliphatic heterocycles. The molecule has 12 heavy (non-hydrogen) atoms. The van der Waals surface area contributed by atoms with Gasteiger partial charge in [-0.15, -0.1) is 0 Å². The molecule has 0 atom stereocenters. The van der Waals surface area contributed by atoms with Gasteiger partial charge in [0.05, 0.1) is 17.6 Å². The van der Waals surface area contributed by atoms with Crippen LogP contribution in [0, 0.1) is 5.92 Å². The summed E-state index contributed by atoms with van der Waals surface area (Å²) in [6.07, 6.45) is 2.68. The third-order valence-electron chi connectivity index (χ3n) is 1.54. The number of hydrogen-bond acceptors (Lipinski definition) is 2. The van der Waals surface area contributed by atoms with Crippen molar-refractivity contribution in [3.05, 3.63) is 22.4 Å². The molecule has 1 aromatic rings. The molecular formula is C9H13BrN2. The summed E-state index contributed by atoms with van der Waals surface area (Å²) in [7, 11) is 0. The Bertz CT molecular complexity index is 271. The molecule has 0 amide bonds. The van der Waals surface area contributed by atoms with Gasteiger partial charge in [0.15, 0.2) is 0 Å². The second-order valence-corrected chi connectivity index (χ2v) is 4.15. The minimum atomic E-state index is 0.623. The van der Waals surface area contributed by atoms with Gasteiger partial charge in [-0.25, -0.2) is 0 Å². The normalized spacial score (nSPS) is 10.7. The summed E-state index contributed by atoms with van der Waals surface area (Å²) in [6.45, 7) is 4.34. The summed E-state index contributed by atoms with van der Waals surface area (Å²) in [5.74, 6) is 0.623. The Morgan fingerprint density at radius 1 is 1.58 bits per heavy atom. The van der Waals surface area contributed by atoms with E-state index in [1.807, 2.05) is 6.07 Å². The van der Waals surface area contributed by atoms with Crippen LogP contribution in [0.1, 0.15) is 19.5 Å². The predicted molar refractivity (Wildman–Crippen MR) is 54.9 cm³/mol. The Balaban J connectivity index is 2.86. The molecule has 2 nitrogen and oxygen atoms in total. The van der Waals surface area contributed by atoms with E-state index in [4.69, 9.17) is 5.73 Å². The van der Waals surface area contributed by atoms with Crippen molar-refractivity contribution >= 4 is 21.6 Å². The second kappa shape index (κ2) is 3.90. The van der Waals surface area contributed by atoms with Gasteiger partial charge >= 0.3 is 0 Å². The Kier molecular flexibility index (Phi) is 3.09. The summed E-state index contributed by atoms with van der Waals surface area (Å²) in [6, 6.07) is 1.89. The van der Waals surface area contributed by atoms with Crippen LogP contribution in [0.25, 0.3) is 0 Å². The molecule has 0 unspecified atom stereocenters. The lowest BCUT2D eigenvalue weighted by molar-refractivity contribution is 0.633. The van der Waals surface area contributed by atoms with Crippen molar-refractivity contribution < 1.29 is 0 Å². The van der Waals surface area contributed by atoms with E-state index in [9.17, 15) is 0 Å². The summed E-state index contributed by atoms with van der Waals surface area (Å²) >= 11 is 3.43. The molecule has 0 saturated heterocycles. The van der Waals surface area contributed by atoms with Gasteiger partial charge in [-0.2, -0.15) is 0 Å². The van der Waals surface area contributed by atoms with E-state index < -0.39 is 0 Å². The Hall–Kier alpha value is -0.570. The molecule has 0 spiro atoms. The molecule has 0 aliphatic rings. The van der Waals surface area contributed by atoms with Gasteiger partial charge in [0.1, 0.15) is 0 Å². The molecule has 3 heteroatoms. The maximum absolute atomic E-state index is 5.57. The van der Waals surface area contributed by atoms with Crippen molar-refractivity contribution in [2.24, 2.45) is 5.92 Å². The van der Waals surface area contributed by atoms with Gasteiger partial charge < -0.3 is 5.73 Å². The van der Waals surface area contributed by atoms with Crippen LogP contribution < -0.4 is 5.73 Å². The quantitative estimate of drug-likeness (QED) is 0.846. The van der Waals surface area contributed by atoms with Gasteiger partial charge in [0.25, 0.3) is 0 Å². The highest BCUT2D eigenvalue weighted by Crippen LogP contribution is 2.19. The maximum atomic E-state index is 5.57. The van der Waals surface area contributed by atoms with Crippen molar-refractivity contribution in [1.82, 2.24) is 4.98 Å². The molecular weight excluding hydrogens is 216 g/mol. The lowest BCUT2D eigenvalue weighted by Crippen LogP contribution is -1.99. The van der Waals surface area contributed by atoms with Gasteiger partial charge in [0.2, 0.25) is 0 Å². The minimum absolute atomic E-state index is 0.623. The standard InChI is InChI=1S/C9H13BrN2/c1-6(2)3-9-8(10)4-7(11)5-12-9/h4-6H,3,11H2,1-2H3. The topological polar surface area (TPSA) is 38.9 Å². The van der Waals surface area contributed by atoms with E-state index in [0.29, 0.717) is 11.6 Å². The fourth-order valence-electron chi connectivity index (χ4n) is 1.02. The van der Waals surface area contributed by atoms with Crippen molar-refractivity contribution in [3.63, 3.8) is 0 Å². The first-order valence-corrected chi connectivity index (χ1v) is 4.78. The van der Waals surface area contributed by atoms with Crippen LogP contribution in [0.3, 0.4) is 0 Å². The highest BCUT2D eigenvalue weighted by molar-refractivity contribution is 9.10. The highest BCUT2D eigenvalue weighted by Gasteiger charge is 2.03. The summed E-state index contributed by atoms with van der Waals surface area (Å²) in [4.78, 5) is 4.25. The minimum Gasteiger partial charge on any atom is -0.397 e. The first-order valence-electron chi connectivity index (χ1n) is 3.99. The molecule has 2 N–H and O–H groups in total. The number of halogens is 1. The van der Waals surface area contributed by atoms with Crippen LogP contribution in [-0.4, -0.2) is 4.98 Å². The van der Waals surface area contributed by atoms with Gasteiger partial charge in [-0.05, 0) is 34.3 Å². The molecule has 1 aromatic heterocycles. The van der Waals surface area contributed by atoms with Crippen LogP contribution in [0.2, 0.25) is 0 Å². The number of nitrogens with two attached hydrogens (primary N) is 1. The van der Waals surface area contributed by atoms with Crippen LogP contribution in [0.5, 0.6) is 0 Å². The zero-order valence-electron chi connectivity index (χ0n) is 7.34. The number of pyridine rings is 1. The lowest BCUT2D eigenvalue weighted by atomic mass is 10.1. The molecule has 0 bridgehead atoms. The fraction of sp³-hybridized carbons (Fsp3) is 0.444. The zero-order valence-corrected chi connectivity index (χ0v) is 8.93. The number of aromatic nitrogens is 1. The maximum Gasteiger partial charge on any atom is 0.0549 e. The molecule has 0 fully saturated rings. The van der Waals surface area contributed by atoms with Crippen molar-refractivity contribution in [2.45, 2.75) is 20.3 Å². The number of hydrogen-bond donors (Lipinski definition) is 1. The number of nitrogens with zero attached hydrogens (tertiary/aromatic N) is 1. The average Bonchev–Trinajstić information content (AvgIpc) is 1.94. The summed E-state index contributed by atoms with van der Waals surface area (Å²) < 4.78 is 1.01. The smallest absolute Gasteiger partial charge is 0.0549 e. The summed E-state index contributed by atoms with van der Waals surface area (Å²) in [5.41, 5.74) is 7.35. The van der Waals surface area contributed by atoms with E-state index in [-0.39, 0.29) is 0 Å². The predicted octanol–water partition coefficient (Wildman–Crippen LogP) is 2.62. The highest BCUT2D eigenvalue weighted by atomic mass is 79.9. The molecule has 66 valence electrons. The number of nitrogen functional groups attached to an aromatic ring is 1. The van der Waals surface area contributed by atoms with Crippen LogP contribution in [-0.2, 0) is 6.42 Å². The number of rotatable bonds is 2. The van der Waals surface area contributed by atoms with Crippen LogP contribution in [0.4, 0.5) is 5.69 Å². The van der Waals surface area contributed by atoms with Crippen LogP contribution in [0.15, 0.2) is 16.7 Å². The van der Waals surface area contributed by atoms with Crippen LogP contribution >= 0.6 is 15.9 Å². The first-order chi connectivity index (χ1) is 5.59. The number of anilines is 1. The third-order valence-corrected chi connectivity index (χ3v) is 2.23. The SMILES string of the molecule is CC(C)Cc1ncc(N)cc1Br. The van der Waals surface area contributed by atoms with Gasteiger partial charge in [-0.3, -0.25) is 4.98 Å². The Labute approximate surface area is 81.3 Å². The molecule has 0 saturated carbocycles. The van der Waals surface area contributed by atoms with E-state index >= 15 is 0 Å². The van der Waals surface area contributed by atoms with Crippen molar-refractivity contribution in [3.8, 4) is 0 Å². The van der Waals surface area contributed by atoms with E-state index in [1.54, 1.807) is 6.20 Å². The molecule has 0 radical (unpaired) electrons. The van der Waals surface area contributed by atoms with Crippen molar-refractivity contribution in [1.29, 1.82) is 0 Å². The molecule has 0 aromatic carbocycles. The molecule has 1 rings (SSSR count). The first kappa shape index (κ1) is 9.52.